The molecule has 0 unspecified atom stereocenters. The topological polar surface area (TPSA) is 36.1 Å². The Morgan fingerprint density at radius 3 is 2.56 bits per heavy atom. The fraction of sp³-hybridized carbons (Fsp3) is 0.222. The lowest BCUT2D eigenvalue weighted by Crippen LogP contribution is -2.44. The van der Waals surface area contributed by atoms with Gasteiger partial charge in [-0.25, -0.2) is 5.43 Å². The van der Waals surface area contributed by atoms with Crippen LogP contribution in [0.5, 0.6) is 0 Å². The number of anilines is 1. The second-order valence-corrected chi connectivity index (χ2v) is 4.42. The highest BCUT2D eigenvalue weighted by molar-refractivity contribution is 7.80. The summed E-state index contributed by atoms with van der Waals surface area (Å²) < 4.78 is 35.5. The molecule has 0 atom stereocenters. The summed E-state index contributed by atoms with van der Waals surface area (Å²) in [4.78, 5) is 0. The van der Waals surface area contributed by atoms with Crippen molar-refractivity contribution in [2.45, 2.75) is 6.18 Å². The lowest BCUT2D eigenvalue weighted by molar-refractivity contribution is -0.125. The standard InChI is InChI=1S/C9H8Cl2F3N3S/c10-5-1-2-6(11)7(3-5)16-8(18)17-15-4-9(12,13)14/h1-3,15H,4H2,(H2,16,17,18). The quantitative estimate of drug-likeness (QED) is 0.590. The summed E-state index contributed by atoms with van der Waals surface area (Å²) in [5.74, 6) is 0. The van der Waals surface area contributed by atoms with Crippen LogP contribution in [-0.4, -0.2) is 17.8 Å². The Morgan fingerprint density at radius 2 is 1.94 bits per heavy atom. The van der Waals surface area contributed by atoms with E-state index in [4.69, 9.17) is 35.4 Å². The lowest BCUT2D eigenvalue weighted by atomic mass is 10.3. The molecule has 0 heterocycles. The minimum atomic E-state index is -4.32. The van der Waals surface area contributed by atoms with Crippen molar-refractivity contribution in [3.8, 4) is 0 Å². The van der Waals surface area contributed by atoms with E-state index < -0.39 is 12.7 Å². The fourth-order valence-electron chi connectivity index (χ4n) is 0.972. The number of alkyl halides is 3. The van der Waals surface area contributed by atoms with Crippen molar-refractivity contribution in [3.63, 3.8) is 0 Å². The number of thiocarbonyl (C=S) groups is 1. The summed E-state index contributed by atoms with van der Waals surface area (Å²) in [7, 11) is 0. The molecule has 0 saturated heterocycles. The van der Waals surface area contributed by atoms with Crippen molar-refractivity contribution < 1.29 is 13.2 Å². The molecular weight excluding hydrogens is 310 g/mol. The number of rotatable bonds is 3. The highest BCUT2D eigenvalue weighted by Gasteiger charge is 2.26. The van der Waals surface area contributed by atoms with Crippen LogP contribution in [-0.2, 0) is 0 Å². The van der Waals surface area contributed by atoms with Gasteiger partial charge < -0.3 is 5.32 Å². The first-order chi connectivity index (χ1) is 8.28. The first kappa shape index (κ1) is 15.3. The van der Waals surface area contributed by atoms with Crippen molar-refractivity contribution in [3.05, 3.63) is 28.2 Å². The van der Waals surface area contributed by atoms with Crippen LogP contribution < -0.4 is 16.2 Å². The summed E-state index contributed by atoms with van der Waals surface area (Å²) >= 11 is 16.3. The average Bonchev–Trinajstić information content (AvgIpc) is 2.21. The molecule has 3 nitrogen and oxygen atoms in total. The molecule has 0 bridgehead atoms. The van der Waals surface area contributed by atoms with Gasteiger partial charge in [-0.1, -0.05) is 23.2 Å². The third-order valence-corrected chi connectivity index (χ3v) is 2.44. The van der Waals surface area contributed by atoms with Crippen LogP contribution in [0.3, 0.4) is 0 Å². The van der Waals surface area contributed by atoms with Crippen LogP contribution in [0.4, 0.5) is 18.9 Å². The molecule has 1 rings (SSSR count). The lowest BCUT2D eigenvalue weighted by Gasteiger charge is -2.13. The zero-order chi connectivity index (χ0) is 13.8. The highest BCUT2D eigenvalue weighted by Crippen LogP contribution is 2.25. The SMILES string of the molecule is FC(F)(F)CNNC(=S)Nc1cc(Cl)ccc1Cl. The van der Waals surface area contributed by atoms with Crippen LogP contribution in [0.25, 0.3) is 0 Å². The Bertz CT molecular complexity index is 440. The largest absolute Gasteiger partial charge is 0.402 e. The van der Waals surface area contributed by atoms with Crippen molar-refractivity contribution >= 4 is 46.2 Å². The van der Waals surface area contributed by atoms with Gasteiger partial charge in [0.05, 0.1) is 10.7 Å². The van der Waals surface area contributed by atoms with Gasteiger partial charge >= 0.3 is 6.18 Å². The number of nitrogens with one attached hydrogen (secondary N) is 3. The smallest absolute Gasteiger partial charge is 0.330 e. The first-order valence-electron chi connectivity index (χ1n) is 4.59. The zero-order valence-corrected chi connectivity index (χ0v) is 11.1. The Labute approximate surface area is 117 Å². The summed E-state index contributed by atoms with van der Waals surface area (Å²) in [6, 6.07) is 4.62. The highest BCUT2D eigenvalue weighted by atomic mass is 35.5. The number of halogens is 5. The molecule has 100 valence electrons. The van der Waals surface area contributed by atoms with Crippen LogP contribution in [0.15, 0.2) is 18.2 Å². The third-order valence-electron chi connectivity index (χ3n) is 1.67. The minimum Gasteiger partial charge on any atom is -0.330 e. The minimum absolute atomic E-state index is 0.0524. The summed E-state index contributed by atoms with van der Waals surface area (Å²) in [5.41, 5.74) is 4.51. The first-order valence-corrected chi connectivity index (χ1v) is 5.76. The predicted octanol–water partition coefficient (Wildman–Crippen LogP) is 3.35. The third kappa shape index (κ3) is 5.72. The van der Waals surface area contributed by atoms with Crippen molar-refractivity contribution in [1.82, 2.24) is 10.9 Å². The molecule has 1 aromatic carbocycles. The van der Waals surface area contributed by atoms with Crippen LogP contribution in [0.1, 0.15) is 0 Å². The van der Waals surface area contributed by atoms with Gasteiger partial charge in [0.25, 0.3) is 0 Å². The Morgan fingerprint density at radius 1 is 1.28 bits per heavy atom. The molecule has 0 saturated carbocycles. The molecule has 0 aromatic heterocycles. The normalized spacial score (nSPS) is 11.2. The fourth-order valence-corrected chi connectivity index (χ4v) is 1.49. The van der Waals surface area contributed by atoms with E-state index in [1.54, 1.807) is 6.07 Å². The number of hydrogen-bond donors (Lipinski definition) is 3. The zero-order valence-electron chi connectivity index (χ0n) is 8.74. The predicted molar refractivity (Wildman–Crippen MR) is 69.9 cm³/mol. The monoisotopic (exact) mass is 317 g/mol. The van der Waals surface area contributed by atoms with Gasteiger partial charge in [0.2, 0.25) is 0 Å². The van der Waals surface area contributed by atoms with Gasteiger partial charge in [-0.05, 0) is 30.4 Å². The van der Waals surface area contributed by atoms with Crippen molar-refractivity contribution in [1.29, 1.82) is 0 Å². The number of hydrazine groups is 1. The van der Waals surface area contributed by atoms with Gasteiger partial charge in [-0.2, -0.15) is 13.2 Å². The Hall–Kier alpha value is -0.760. The maximum Gasteiger partial charge on any atom is 0.402 e. The number of benzene rings is 1. The average molecular weight is 318 g/mol. The van der Waals surface area contributed by atoms with Crippen LogP contribution in [0, 0.1) is 0 Å². The molecule has 0 aliphatic rings. The molecule has 0 aliphatic carbocycles. The summed E-state index contributed by atoms with van der Waals surface area (Å²) in [5, 5.41) is 3.33. The van der Waals surface area contributed by atoms with Gasteiger partial charge in [0, 0.05) is 5.02 Å². The molecule has 0 radical (unpaired) electrons. The van der Waals surface area contributed by atoms with Gasteiger partial charge in [0.1, 0.15) is 6.54 Å². The van der Waals surface area contributed by atoms with Crippen LogP contribution >= 0.6 is 35.4 Å². The van der Waals surface area contributed by atoms with Gasteiger partial charge in [-0.3, -0.25) is 5.43 Å². The molecule has 0 fully saturated rings. The second-order valence-electron chi connectivity index (χ2n) is 3.17. The van der Waals surface area contributed by atoms with E-state index in [9.17, 15) is 13.2 Å². The molecule has 18 heavy (non-hydrogen) atoms. The van der Waals surface area contributed by atoms with E-state index in [1.807, 2.05) is 5.43 Å². The van der Waals surface area contributed by atoms with Crippen molar-refractivity contribution in [2.24, 2.45) is 0 Å². The molecule has 1 aromatic rings. The van der Waals surface area contributed by atoms with Gasteiger partial charge in [0.15, 0.2) is 5.11 Å². The Kier molecular flexibility index (Phi) is 5.46. The van der Waals surface area contributed by atoms with E-state index in [0.29, 0.717) is 15.7 Å². The van der Waals surface area contributed by atoms with E-state index in [-0.39, 0.29) is 5.11 Å². The van der Waals surface area contributed by atoms with Gasteiger partial charge in [-0.15, -0.1) is 0 Å². The molecule has 3 N–H and O–H groups in total. The molecule has 0 aliphatic heterocycles. The maximum atomic E-state index is 11.8. The van der Waals surface area contributed by atoms with E-state index >= 15 is 0 Å². The summed E-state index contributed by atoms with van der Waals surface area (Å²) in [6.45, 7) is -1.21. The second kappa shape index (κ2) is 6.42. The van der Waals surface area contributed by atoms with E-state index in [0.717, 1.165) is 0 Å². The van der Waals surface area contributed by atoms with Crippen LogP contribution in [0.2, 0.25) is 10.0 Å². The summed E-state index contributed by atoms with van der Waals surface area (Å²) in [6.07, 6.45) is -4.32. The van der Waals surface area contributed by atoms with Crippen molar-refractivity contribution in [2.75, 3.05) is 11.9 Å². The number of hydrogen-bond acceptors (Lipinski definition) is 2. The molecule has 0 amide bonds. The molecular formula is C9H8Cl2F3N3S. The maximum absolute atomic E-state index is 11.8. The van der Waals surface area contributed by atoms with E-state index in [1.165, 1.54) is 12.1 Å². The molecule has 9 heteroatoms. The Balaban J connectivity index is 2.47. The van der Waals surface area contributed by atoms with E-state index in [2.05, 4.69) is 10.7 Å². The molecule has 0 spiro atoms.